The Balaban J connectivity index is 2.16. The van der Waals surface area contributed by atoms with Gasteiger partial charge in [0.15, 0.2) is 6.23 Å². The predicted molar refractivity (Wildman–Crippen MR) is 55.1 cm³/mol. The van der Waals surface area contributed by atoms with E-state index < -0.39 is 24.5 Å². The molecule has 0 saturated carbocycles. The Morgan fingerprint density at radius 3 is 3.00 bits per heavy atom. The molecular weight excluding hydrogens is 212 g/mol. The van der Waals surface area contributed by atoms with Crippen molar-refractivity contribution in [1.82, 2.24) is 4.57 Å². The van der Waals surface area contributed by atoms with Gasteiger partial charge in [-0.3, -0.25) is 9.36 Å². The van der Waals surface area contributed by atoms with Crippen molar-refractivity contribution in [1.29, 1.82) is 0 Å². The van der Waals surface area contributed by atoms with Gasteiger partial charge in [0.05, 0.1) is 0 Å². The maximum Gasteiger partial charge on any atom is 0.254 e. The van der Waals surface area contributed by atoms with Crippen LogP contribution in [0.4, 0.5) is 5.82 Å². The number of hydrogen-bond donors (Lipinski definition) is 3. The SMILES string of the molecule is O=c1cccc2n1[C@H]1O[C@H](CN2)[C@H](O)C1O. The second-order valence-electron chi connectivity index (χ2n) is 4.05. The van der Waals surface area contributed by atoms with Crippen LogP contribution in [0, 0.1) is 0 Å². The summed E-state index contributed by atoms with van der Waals surface area (Å²) in [7, 11) is 0. The van der Waals surface area contributed by atoms with Gasteiger partial charge in [-0.2, -0.15) is 0 Å². The van der Waals surface area contributed by atoms with Crippen LogP contribution in [0.3, 0.4) is 0 Å². The second kappa shape index (κ2) is 3.31. The molecule has 16 heavy (non-hydrogen) atoms. The highest BCUT2D eigenvalue weighted by Gasteiger charge is 2.46. The quantitative estimate of drug-likeness (QED) is 0.520. The van der Waals surface area contributed by atoms with E-state index in [9.17, 15) is 15.0 Å². The minimum absolute atomic E-state index is 0.260. The Labute approximate surface area is 91.1 Å². The molecular formula is C10H12N2O4. The Kier molecular flexibility index (Phi) is 2.03. The molecule has 0 aromatic carbocycles. The summed E-state index contributed by atoms with van der Waals surface area (Å²) < 4.78 is 6.79. The molecule has 86 valence electrons. The molecule has 6 nitrogen and oxygen atoms in total. The van der Waals surface area contributed by atoms with Crippen LogP contribution in [-0.2, 0) is 4.74 Å². The highest BCUT2D eigenvalue weighted by Crippen LogP contribution is 2.32. The standard InChI is InChI=1S/C10H12N2O4/c13-7-3-1-2-6-11-4-5-8(14)9(15)10(16-5)12(6)7/h1-3,5,8-11,14-15H,4H2/t5-,8+,9?,10+/m1/s1. The zero-order valence-corrected chi connectivity index (χ0v) is 8.41. The van der Waals surface area contributed by atoms with Crippen LogP contribution >= 0.6 is 0 Å². The minimum atomic E-state index is -1.06. The van der Waals surface area contributed by atoms with Crippen molar-refractivity contribution in [3.63, 3.8) is 0 Å². The van der Waals surface area contributed by atoms with Gasteiger partial charge in [-0.05, 0) is 6.07 Å². The predicted octanol–water partition coefficient (Wildman–Crippen LogP) is -1.11. The summed E-state index contributed by atoms with van der Waals surface area (Å²) in [5.41, 5.74) is -0.260. The topological polar surface area (TPSA) is 83.7 Å². The average molecular weight is 224 g/mol. The summed E-state index contributed by atoms with van der Waals surface area (Å²) in [5.74, 6) is 0.603. The summed E-state index contributed by atoms with van der Waals surface area (Å²) in [6, 6.07) is 4.78. The molecule has 1 saturated heterocycles. The molecule has 2 bridgehead atoms. The van der Waals surface area contributed by atoms with Crippen LogP contribution in [0.15, 0.2) is 23.0 Å². The van der Waals surface area contributed by atoms with Crippen LogP contribution in [0.2, 0.25) is 0 Å². The first kappa shape index (κ1) is 9.83. The van der Waals surface area contributed by atoms with Crippen molar-refractivity contribution in [3.8, 4) is 0 Å². The molecule has 0 spiro atoms. The monoisotopic (exact) mass is 224 g/mol. The zero-order valence-electron chi connectivity index (χ0n) is 8.41. The number of fused-ring (bicyclic) bond motifs is 4. The first-order valence-electron chi connectivity index (χ1n) is 5.15. The lowest BCUT2D eigenvalue weighted by Crippen LogP contribution is -2.39. The number of nitrogens with zero attached hydrogens (tertiary/aromatic N) is 1. The Morgan fingerprint density at radius 1 is 1.38 bits per heavy atom. The van der Waals surface area contributed by atoms with Gasteiger partial charge in [0.25, 0.3) is 5.56 Å². The van der Waals surface area contributed by atoms with E-state index in [0.29, 0.717) is 12.4 Å². The fraction of sp³-hybridized carbons (Fsp3) is 0.500. The van der Waals surface area contributed by atoms with Gasteiger partial charge in [-0.15, -0.1) is 0 Å². The van der Waals surface area contributed by atoms with Gasteiger partial charge >= 0.3 is 0 Å². The third-order valence-electron chi connectivity index (χ3n) is 3.07. The van der Waals surface area contributed by atoms with Gasteiger partial charge in [0.2, 0.25) is 0 Å². The first-order valence-corrected chi connectivity index (χ1v) is 5.15. The number of aromatic nitrogens is 1. The van der Waals surface area contributed by atoms with Crippen LogP contribution in [0.5, 0.6) is 0 Å². The van der Waals surface area contributed by atoms with Gasteiger partial charge in [-0.25, -0.2) is 0 Å². The van der Waals surface area contributed by atoms with Crippen molar-refractivity contribution < 1.29 is 14.9 Å². The molecule has 3 N–H and O–H groups in total. The maximum absolute atomic E-state index is 11.7. The first-order chi connectivity index (χ1) is 7.68. The molecule has 1 aromatic heterocycles. The van der Waals surface area contributed by atoms with E-state index in [1.54, 1.807) is 12.1 Å². The molecule has 2 aliphatic rings. The second-order valence-corrected chi connectivity index (χ2v) is 4.05. The van der Waals surface area contributed by atoms with Gasteiger partial charge in [0.1, 0.15) is 24.1 Å². The number of ether oxygens (including phenoxy) is 1. The summed E-state index contributed by atoms with van der Waals surface area (Å²) in [6.45, 7) is 0.373. The lowest BCUT2D eigenvalue weighted by Gasteiger charge is -2.21. The number of pyridine rings is 1. The van der Waals surface area contributed by atoms with E-state index >= 15 is 0 Å². The zero-order chi connectivity index (χ0) is 11.3. The lowest BCUT2D eigenvalue weighted by molar-refractivity contribution is -0.0300. The Morgan fingerprint density at radius 2 is 2.19 bits per heavy atom. The molecule has 1 unspecified atom stereocenters. The van der Waals surface area contributed by atoms with Crippen molar-refractivity contribution in [3.05, 3.63) is 28.6 Å². The highest BCUT2D eigenvalue weighted by molar-refractivity contribution is 5.37. The molecule has 1 aromatic rings. The van der Waals surface area contributed by atoms with Gasteiger partial charge in [-0.1, -0.05) is 6.07 Å². The van der Waals surface area contributed by atoms with Crippen LogP contribution in [0.1, 0.15) is 6.23 Å². The van der Waals surface area contributed by atoms with Crippen molar-refractivity contribution in [2.45, 2.75) is 24.5 Å². The van der Waals surface area contributed by atoms with Crippen molar-refractivity contribution >= 4 is 5.82 Å². The fourth-order valence-corrected chi connectivity index (χ4v) is 2.22. The van der Waals surface area contributed by atoms with E-state index in [0.717, 1.165) is 0 Å². The molecule has 3 heterocycles. The Bertz CT molecular complexity index is 472. The molecule has 0 aliphatic carbocycles. The van der Waals surface area contributed by atoms with E-state index in [2.05, 4.69) is 5.32 Å². The molecule has 2 aliphatic heterocycles. The maximum atomic E-state index is 11.7. The Hall–Kier alpha value is -1.37. The summed E-state index contributed by atoms with van der Waals surface area (Å²) >= 11 is 0. The van der Waals surface area contributed by atoms with E-state index in [-0.39, 0.29) is 5.56 Å². The van der Waals surface area contributed by atoms with Crippen molar-refractivity contribution in [2.24, 2.45) is 0 Å². The van der Waals surface area contributed by atoms with E-state index in [1.807, 2.05) is 0 Å². The van der Waals surface area contributed by atoms with Crippen LogP contribution in [0.25, 0.3) is 0 Å². The summed E-state index contributed by atoms with van der Waals surface area (Å²) in [4.78, 5) is 11.7. The highest BCUT2D eigenvalue weighted by atomic mass is 16.6. The fourth-order valence-electron chi connectivity index (χ4n) is 2.22. The molecule has 4 atom stereocenters. The molecule has 3 rings (SSSR count). The largest absolute Gasteiger partial charge is 0.387 e. The summed E-state index contributed by atoms with van der Waals surface area (Å²) in [6.07, 6.45) is -3.32. The number of hydrogen-bond acceptors (Lipinski definition) is 5. The molecule has 0 radical (unpaired) electrons. The lowest BCUT2D eigenvalue weighted by atomic mass is 10.1. The number of aliphatic hydroxyl groups excluding tert-OH is 2. The van der Waals surface area contributed by atoms with Crippen molar-refractivity contribution in [2.75, 3.05) is 11.9 Å². The number of anilines is 1. The third kappa shape index (κ3) is 1.21. The van der Waals surface area contributed by atoms with Gasteiger partial charge in [0, 0.05) is 12.6 Å². The molecule has 6 heteroatoms. The number of nitrogens with one attached hydrogen (secondary N) is 1. The molecule has 0 amide bonds. The smallest absolute Gasteiger partial charge is 0.254 e. The van der Waals surface area contributed by atoms with Crippen LogP contribution < -0.4 is 10.9 Å². The summed E-state index contributed by atoms with van der Waals surface area (Å²) in [5, 5.41) is 22.5. The average Bonchev–Trinajstić information content (AvgIpc) is 2.49. The number of rotatable bonds is 0. The van der Waals surface area contributed by atoms with Gasteiger partial charge < -0.3 is 20.3 Å². The normalized spacial score (nSPS) is 36.4. The minimum Gasteiger partial charge on any atom is -0.387 e. The van der Waals surface area contributed by atoms with Crippen LogP contribution in [-0.4, -0.2) is 39.6 Å². The molecule has 1 fully saturated rings. The van der Waals surface area contributed by atoms with E-state index in [4.69, 9.17) is 4.74 Å². The number of aliphatic hydroxyl groups is 2. The van der Waals surface area contributed by atoms with E-state index in [1.165, 1.54) is 10.6 Å². The third-order valence-corrected chi connectivity index (χ3v) is 3.07.